The molecule has 0 aliphatic heterocycles. The first-order chi connectivity index (χ1) is 6.27. The van der Waals surface area contributed by atoms with E-state index in [2.05, 4.69) is 0 Å². The minimum atomic E-state index is -0.0887. The molecule has 0 heterocycles. The highest BCUT2D eigenvalue weighted by Gasteiger charge is 1.96. The van der Waals surface area contributed by atoms with Gasteiger partial charge in [-0.15, -0.1) is 0 Å². The molecule has 0 unspecified atom stereocenters. The number of nitrogen functional groups attached to an aromatic ring is 1. The Bertz CT molecular complexity index is 332. The van der Waals surface area contributed by atoms with E-state index in [1.54, 1.807) is 24.3 Å². The number of nitrogens with two attached hydrogens (primary N) is 1. The van der Waals surface area contributed by atoms with Crippen LogP contribution < -0.4 is 5.73 Å². The third-order valence-electron chi connectivity index (χ3n) is 1.70. The highest BCUT2D eigenvalue weighted by molar-refractivity contribution is 5.74. The molecule has 0 atom stereocenters. The second-order valence-electron chi connectivity index (χ2n) is 2.61. The number of aliphatic hydroxyl groups excluding tert-OH is 1. The molecule has 1 aromatic rings. The van der Waals surface area contributed by atoms with Gasteiger partial charge in [-0.25, -0.2) is 0 Å². The quantitative estimate of drug-likeness (QED) is 0.411. The lowest BCUT2D eigenvalue weighted by molar-refractivity contribution is -0.104. The van der Waals surface area contributed by atoms with E-state index in [4.69, 9.17) is 10.8 Å². The van der Waals surface area contributed by atoms with Crippen molar-refractivity contribution in [2.45, 2.75) is 6.61 Å². The van der Waals surface area contributed by atoms with Crippen molar-refractivity contribution in [3.05, 3.63) is 35.4 Å². The number of carbonyl (C=O) groups is 1. The SMILES string of the molecule is Nc1ccc(C=CC=O)cc1CO. The minimum Gasteiger partial charge on any atom is -0.398 e. The number of allylic oxidation sites excluding steroid dienone is 1. The van der Waals surface area contributed by atoms with E-state index < -0.39 is 0 Å². The van der Waals surface area contributed by atoms with E-state index in [1.165, 1.54) is 6.08 Å². The Balaban J connectivity index is 2.99. The lowest BCUT2D eigenvalue weighted by atomic mass is 10.1. The van der Waals surface area contributed by atoms with Crippen LogP contribution in [0.15, 0.2) is 24.3 Å². The first-order valence-corrected chi connectivity index (χ1v) is 3.89. The summed E-state index contributed by atoms with van der Waals surface area (Å²) in [5, 5.41) is 8.89. The Labute approximate surface area is 76.5 Å². The second kappa shape index (κ2) is 4.42. The summed E-state index contributed by atoms with van der Waals surface area (Å²) in [6.45, 7) is -0.0887. The summed E-state index contributed by atoms with van der Waals surface area (Å²) < 4.78 is 0. The third kappa shape index (κ3) is 2.42. The molecule has 1 rings (SSSR count). The Morgan fingerprint density at radius 3 is 2.85 bits per heavy atom. The van der Waals surface area contributed by atoms with E-state index in [1.807, 2.05) is 0 Å². The predicted octanol–water partition coefficient (Wildman–Crippen LogP) is 0.973. The molecular formula is C10H11NO2. The molecule has 0 fully saturated rings. The number of aldehydes is 1. The van der Waals surface area contributed by atoms with Gasteiger partial charge in [0.1, 0.15) is 6.29 Å². The van der Waals surface area contributed by atoms with Gasteiger partial charge < -0.3 is 10.8 Å². The van der Waals surface area contributed by atoms with Crippen LogP contribution in [0.25, 0.3) is 6.08 Å². The standard InChI is InChI=1S/C10H11NO2/c11-10-4-3-8(2-1-5-12)6-9(10)7-13/h1-6,13H,7,11H2. The van der Waals surface area contributed by atoms with Crippen molar-refractivity contribution in [3.63, 3.8) is 0 Å². The smallest absolute Gasteiger partial charge is 0.142 e. The van der Waals surface area contributed by atoms with Crippen LogP contribution in [0.5, 0.6) is 0 Å². The molecule has 0 saturated carbocycles. The Kier molecular flexibility index (Phi) is 3.23. The van der Waals surface area contributed by atoms with E-state index in [-0.39, 0.29) is 6.61 Å². The molecule has 3 nitrogen and oxygen atoms in total. The minimum absolute atomic E-state index is 0.0887. The molecule has 3 heteroatoms. The fourth-order valence-electron chi connectivity index (χ4n) is 1.02. The average molecular weight is 177 g/mol. The summed E-state index contributed by atoms with van der Waals surface area (Å²) in [6.07, 6.45) is 3.76. The molecule has 1 aromatic carbocycles. The van der Waals surface area contributed by atoms with Gasteiger partial charge in [0.05, 0.1) is 6.61 Å². The third-order valence-corrected chi connectivity index (χ3v) is 1.70. The van der Waals surface area contributed by atoms with Crippen molar-refractivity contribution in [2.75, 3.05) is 5.73 Å². The Morgan fingerprint density at radius 2 is 2.23 bits per heavy atom. The van der Waals surface area contributed by atoms with Crippen LogP contribution in [0, 0.1) is 0 Å². The molecular weight excluding hydrogens is 166 g/mol. The predicted molar refractivity (Wildman–Crippen MR) is 51.9 cm³/mol. The normalized spacial score (nSPS) is 10.5. The van der Waals surface area contributed by atoms with Crippen LogP contribution in [0.4, 0.5) is 5.69 Å². The van der Waals surface area contributed by atoms with Gasteiger partial charge in [0, 0.05) is 11.3 Å². The average Bonchev–Trinajstić information content (AvgIpc) is 2.16. The van der Waals surface area contributed by atoms with Gasteiger partial charge in [-0.05, 0) is 23.8 Å². The Morgan fingerprint density at radius 1 is 1.46 bits per heavy atom. The van der Waals surface area contributed by atoms with Crippen molar-refractivity contribution in [3.8, 4) is 0 Å². The van der Waals surface area contributed by atoms with Crippen molar-refractivity contribution in [2.24, 2.45) is 0 Å². The van der Waals surface area contributed by atoms with Crippen molar-refractivity contribution >= 4 is 18.0 Å². The van der Waals surface area contributed by atoms with Gasteiger partial charge in [0.25, 0.3) is 0 Å². The molecule has 0 saturated heterocycles. The largest absolute Gasteiger partial charge is 0.398 e. The van der Waals surface area contributed by atoms with Crippen LogP contribution in [0.1, 0.15) is 11.1 Å². The van der Waals surface area contributed by atoms with Crippen LogP contribution in [0.2, 0.25) is 0 Å². The van der Waals surface area contributed by atoms with Crippen LogP contribution >= 0.6 is 0 Å². The zero-order valence-corrected chi connectivity index (χ0v) is 7.10. The summed E-state index contributed by atoms with van der Waals surface area (Å²) >= 11 is 0. The number of aliphatic hydroxyl groups is 1. The molecule has 0 aromatic heterocycles. The van der Waals surface area contributed by atoms with Crippen molar-refractivity contribution in [1.29, 1.82) is 0 Å². The summed E-state index contributed by atoms with van der Waals surface area (Å²) in [5.41, 5.74) is 7.66. The maximum atomic E-state index is 10.0. The zero-order chi connectivity index (χ0) is 9.68. The highest BCUT2D eigenvalue weighted by atomic mass is 16.3. The van der Waals surface area contributed by atoms with Crippen molar-refractivity contribution < 1.29 is 9.90 Å². The number of hydrogen-bond acceptors (Lipinski definition) is 3. The molecule has 0 amide bonds. The van der Waals surface area contributed by atoms with Crippen molar-refractivity contribution in [1.82, 2.24) is 0 Å². The van der Waals surface area contributed by atoms with Gasteiger partial charge >= 0.3 is 0 Å². The van der Waals surface area contributed by atoms with Gasteiger partial charge in [0.2, 0.25) is 0 Å². The molecule has 3 N–H and O–H groups in total. The van der Waals surface area contributed by atoms with E-state index in [0.717, 1.165) is 5.56 Å². The molecule has 13 heavy (non-hydrogen) atoms. The van der Waals surface area contributed by atoms with Crippen LogP contribution in [0.3, 0.4) is 0 Å². The molecule has 0 aliphatic carbocycles. The first kappa shape index (κ1) is 9.48. The van der Waals surface area contributed by atoms with E-state index >= 15 is 0 Å². The molecule has 0 spiro atoms. The van der Waals surface area contributed by atoms with Crippen LogP contribution in [-0.4, -0.2) is 11.4 Å². The fraction of sp³-hybridized carbons (Fsp3) is 0.100. The molecule has 0 aliphatic rings. The number of carbonyl (C=O) groups excluding carboxylic acids is 1. The second-order valence-corrected chi connectivity index (χ2v) is 2.61. The maximum Gasteiger partial charge on any atom is 0.142 e. The first-order valence-electron chi connectivity index (χ1n) is 3.89. The number of anilines is 1. The van der Waals surface area contributed by atoms with Gasteiger partial charge in [-0.1, -0.05) is 12.1 Å². The topological polar surface area (TPSA) is 63.3 Å². The van der Waals surface area contributed by atoms with E-state index in [0.29, 0.717) is 17.5 Å². The van der Waals surface area contributed by atoms with Gasteiger partial charge in [-0.2, -0.15) is 0 Å². The zero-order valence-electron chi connectivity index (χ0n) is 7.10. The Hall–Kier alpha value is -1.61. The summed E-state index contributed by atoms with van der Waals surface area (Å²) in [5.74, 6) is 0. The summed E-state index contributed by atoms with van der Waals surface area (Å²) in [4.78, 5) is 10.0. The number of rotatable bonds is 3. The van der Waals surface area contributed by atoms with Gasteiger partial charge in [0.15, 0.2) is 0 Å². The fourth-order valence-corrected chi connectivity index (χ4v) is 1.02. The van der Waals surface area contributed by atoms with Gasteiger partial charge in [-0.3, -0.25) is 4.79 Å². The van der Waals surface area contributed by atoms with Crippen LogP contribution in [-0.2, 0) is 11.4 Å². The lowest BCUT2D eigenvalue weighted by Crippen LogP contribution is -1.93. The molecule has 0 radical (unpaired) electrons. The highest BCUT2D eigenvalue weighted by Crippen LogP contribution is 2.14. The number of hydrogen-bond donors (Lipinski definition) is 2. The maximum absolute atomic E-state index is 10.0. The molecule has 68 valence electrons. The lowest BCUT2D eigenvalue weighted by Gasteiger charge is -2.02. The van der Waals surface area contributed by atoms with E-state index in [9.17, 15) is 4.79 Å². The molecule has 0 bridgehead atoms. The number of benzene rings is 1. The monoisotopic (exact) mass is 177 g/mol. The summed E-state index contributed by atoms with van der Waals surface area (Å²) in [6, 6.07) is 5.24. The summed E-state index contributed by atoms with van der Waals surface area (Å²) in [7, 11) is 0.